The first kappa shape index (κ1) is 20.2. The molecule has 0 radical (unpaired) electrons. The number of carbonyl (C=O) groups is 2. The normalized spacial score (nSPS) is 14.5. The number of nitrogens with zero attached hydrogens (tertiary/aromatic N) is 1. The lowest BCUT2D eigenvalue weighted by atomic mass is 10.1. The van der Waals surface area contributed by atoms with E-state index in [0.29, 0.717) is 24.6 Å². The average molecular weight is 376 g/mol. The molecular weight excluding hydrogens is 350 g/mol. The highest BCUT2D eigenvalue weighted by Gasteiger charge is 2.21. The van der Waals surface area contributed by atoms with E-state index in [1.165, 1.54) is 0 Å². The fraction of sp³-hybridized carbons (Fsp3) is 0.400. The van der Waals surface area contributed by atoms with Gasteiger partial charge in [0.25, 0.3) is 5.91 Å². The number of piperidine rings is 1. The molecule has 0 bridgehead atoms. The van der Waals surface area contributed by atoms with Crippen molar-refractivity contribution < 1.29 is 9.59 Å². The summed E-state index contributed by atoms with van der Waals surface area (Å²) in [5, 5.41) is 8.30. The number of rotatable bonds is 5. The highest BCUT2D eigenvalue weighted by atomic mass is 35.5. The quantitative estimate of drug-likeness (QED) is 0.844. The van der Waals surface area contributed by atoms with Crippen LogP contribution in [0.15, 0.2) is 42.5 Å². The fourth-order valence-electron chi connectivity index (χ4n) is 3.29. The molecular formula is C20H26ClN3O2. The van der Waals surface area contributed by atoms with Gasteiger partial charge in [-0.15, -0.1) is 12.4 Å². The lowest BCUT2D eigenvalue weighted by molar-refractivity contribution is -0.132. The molecule has 1 aliphatic rings. The van der Waals surface area contributed by atoms with Gasteiger partial charge in [-0.3, -0.25) is 9.59 Å². The minimum atomic E-state index is -0.136. The summed E-state index contributed by atoms with van der Waals surface area (Å²) in [6.07, 6.45) is 2.32. The summed E-state index contributed by atoms with van der Waals surface area (Å²) in [7, 11) is 1.86. The maximum absolute atomic E-state index is 12.3. The summed E-state index contributed by atoms with van der Waals surface area (Å²) in [6, 6.07) is 13.9. The Morgan fingerprint density at radius 3 is 2.54 bits per heavy atom. The van der Waals surface area contributed by atoms with Crippen molar-refractivity contribution in [3.63, 3.8) is 0 Å². The summed E-state index contributed by atoms with van der Waals surface area (Å²) in [6.45, 7) is 2.28. The second kappa shape index (κ2) is 9.55. The highest BCUT2D eigenvalue weighted by Crippen LogP contribution is 2.15. The summed E-state index contributed by atoms with van der Waals surface area (Å²) >= 11 is 0. The third-order valence-corrected chi connectivity index (χ3v) is 4.89. The first-order valence-electron chi connectivity index (χ1n) is 8.88. The van der Waals surface area contributed by atoms with E-state index in [9.17, 15) is 9.59 Å². The molecule has 0 aromatic heterocycles. The standard InChI is InChI=1S/C20H25N3O2.ClH/c1-23(18-8-11-21-12-9-18)19(24)10-13-22-20(25)17-7-6-15-4-2-3-5-16(15)14-17;/h2-7,14,18,21H,8-13H2,1H3,(H,22,25);1H. The van der Waals surface area contributed by atoms with Crippen LogP contribution in [-0.4, -0.2) is 49.4 Å². The van der Waals surface area contributed by atoms with Gasteiger partial charge in [-0.2, -0.15) is 0 Å². The first-order chi connectivity index (χ1) is 12.1. The molecule has 5 nitrogen and oxygen atoms in total. The Hall–Kier alpha value is -2.11. The Morgan fingerprint density at radius 2 is 1.81 bits per heavy atom. The largest absolute Gasteiger partial charge is 0.352 e. The number of amides is 2. The number of hydrogen-bond donors (Lipinski definition) is 2. The van der Waals surface area contributed by atoms with Crippen molar-refractivity contribution in [2.45, 2.75) is 25.3 Å². The molecule has 2 amide bonds. The van der Waals surface area contributed by atoms with E-state index < -0.39 is 0 Å². The molecule has 0 aliphatic carbocycles. The van der Waals surface area contributed by atoms with Crippen LogP contribution in [0.1, 0.15) is 29.6 Å². The van der Waals surface area contributed by atoms with Crippen LogP contribution in [0, 0.1) is 0 Å². The van der Waals surface area contributed by atoms with Gasteiger partial charge >= 0.3 is 0 Å². The maximum Gasteiger partial charge on any atom is 0.251 e. The van der Waals surface area contributed by atoms with Gasteiger partial charge in [0.1, 0.15) is 0 Å². The number of hydrogen-bond acceptors (Lipinski definition) is 3. The van der Waals surface area contributed by atoms with Gasteiger partial charge in [-0.05, 0) is 48.8 Å². The van der Waals surface area contributed by atoms with Crippen LogP contribution in [0.5, 0.6) is 0 Å². The predicted octanol–water partition coefficient (Wildman–Crippen LogP) is 2.59. The number of nitrogens with one attached hydrogen (secondary N) is 2. The van der Waals surface area contributed by atoms with Crippen molar-refractivity contribution >= 4 is 35.0 Å². The van der Waals surface area contributed by atoms with Crippen LogP contribution in [-0.2, 0) is 4.79 Å². The average Bonchev–Trinajstić information content (AvgIpc) is 2.67. The summed E-state index contributed by atoms with van der Waals surface area (Å²) in [5.74, 6) is -0.0474. The van der Waals surface area contributed by atoms with Crippen molar-refractivity contribution in [1.29, 1.82) is 0 Å². The Morgan fingerprint density at radius 1 is 1.12 bits per heavy atom. The molecule has 0 spiro atoms. The minimum Gasteiger partial charge on any atom is -0.352 e. The molecule has 26 heavy (non-hydrogen) atoms. The zero-order valence-electron chi connectivity index (χ0n) is 15.0. The van der Waals surface area contributed by atoms with Crippen molar-refractivity contribution in [2.24, 2.45) is 0 Å². The number of fused-ring (bicyclic) bond motifs is 1. The van der Waals surface area contributed by atoms with Crippen molar-refractivity contribution in [3.05, 3.63) is 48.0 Å². The van der Waals surface area contributed by atoms with Crippen molar-refractivity contribution in [3.8, 4) is 0 Å². The SMILES string of the molecule is CN(C(=O)CCNC(=O)c1ccc2ccccc2c1)C1CCNCC1.Cl. The monoisotopic (exact) mass is 375 g/mol. The zero-order chi connectivity index (χ0) is 17.6. The van der Waals surface area contributed by atoms with Gasteiger partial charge in [-0.1, -0.05) is 30.3 Å². The topological polar surface area (TPSA) is 61.4 Å². The van der Waals surface area contributed by atoms with E-state index in [-0.39, 0.29) is 24.2 Å². The van der Waals surface area contributed by atoms with Gasteiger partial charge in [0.15, 0.2) is 0 Å². The number of benzene rings is 2. The van der Waals surface area contributed by atoms with Crippen LogP contribution in [0.2, 0.25) is 0 Å². The second-order valence-corrected chi connectivity index (χ2v) is 6.55. The molecule has 2 aromatic carbocycles. The molecule has 6 heteroatoms. The van der Waals surface area contributed by atoms with Crippen LogP contribution >= 0.6 is 12.4 Å². The maximum atomic E-state index is 12.3. The zero-order valence-corrected chi connectivity index (χ0v) is 15.8. The Balaban J connectivity index is 0.00000243. The number of halogens is 1. The third-order valence-electron chi connectivity index (χ3n) is 4.89. The van der Waals surface area contributed by atoms with Crippen LogP contribution in [0.3, 0.4) is 0 Å². The van der Waals surface area contributed by atoms with E-state index in [2.05, 4.69) is 10.6 Å². The van der Waals surface area contributed by atoms with E-state index in [4.69, 9.17) is 0 Å². The lowest BCUT2D eigenvalue weighted by Crippen LogP contribution is -2.44. The molecule has 0 saturated carbocycles. The fourth-order valence-corrected chi connectivity index (χ4v) is 3.29. The Labute approximate surface area is 160 Å². The molecule has 2 N–H and O–H groups in total. The molecule has 1 aliphatic heterocycles. The third kappa shape index (κ3) is 4.96. The predicted molar refractivity (Wildman–Crippen MR) is 107 cm³/mol. The molecule has 140 valence electrons. The van der Waals surface area contributed by atoms with E-state index in [1.54, 1.807) is 0 Å². The van der Waals surface area contributed by atoms with Gasteiger partial charge in [0.2, 0.25) is 5.91 Å². The smallest absolute Gasteiger partial charge is 0.251 e. The van der Waals surface area contributed by atoms with E-state index >= 15 is 0 Å². The first-order valence-corrected chi connectivity index (χ1v) is 8.88. The Bertz CT molecular complexity index is 760. The molecule has 0 unspecified atom stereocenters. The second-order valence-electron chi connectivity index (χ2n) is 6.55. The van der Waals surface area contributed by atoms with Crippen molar-refractivity contribution in [2.75, 3.05) is 26.7 Å². The summed E-state index contributed by atoms with van der Waals surface area (Å²) < 4.78 is 0. The summed E-state index contributed by atoms with van der Waals surface area (Å²) in [5.41, 5.74) is 0.623. The molecule has 1 fully saturated rings. The van der Waals surface area contributed by atoms with Gasteiger partial charge in [0.05, 0.1) is 0 Å². The van der Waals surface area contributed by atoms with E-state index in [0.717, 1.165) is 36.7 Å². The van der Waals surface area contributed by atoms with Crippen LogP contribution in [0.4, 0.5) is 0 Å². The molecule has 3 rings (SSSR count). The minimum absolute atomic E-state index is 0. The van der Waals surface area contributed by atoms with E-state index in [1.807, 2.05) is 54.4 Å². The molecule has 0 atom stereocenters. The lowest BCUT2D eigenvalue weighted by Gasteiger charge is -2.31. The molecule has 1 heterocycles. The van der Waals surface area contributed by atoms with Gasteiger partial charge in [-0.25, -0.2) is 0 Å². The summed E-state index contributed by atoms with van der Waals surface area (Å²) in [4.78, 5) is 26.4. The number of carbonyl (C=O) groups excluding carboxylic acids is 2. The van der Waals surface area contributed by atoms with Crippen molar-refractivity contribution in [1.82, 2.24) is 15.5 Å². The van der Waals surface area contributed by atoms with Crippen LogP contribution in [0.25, 0.3) is 10.8 Å². The highest BCUT2D eigenvalue weighted by molar-refractivity contribution is 5.98. The van der Waals surface area contributed by atoms with Gasteiger partial charge in [0, 0.05) is 31.6 Å². The Kier molecular flexibility index (Phi) is 7.42. The molecule has 2 aromatic rings. The van der Waals surface area contributed by atoms with Gasteiger partial charge < -0.3 is 15.5 Å². The van der Waals surface area contributed by atoms with Crippen LogP contribution < -0.4 is 10.6 Å². The molecule has 1 saturated heterocycles.